The number of benzene rings is 2. The van der Waals surface area contributed by atoms with E-state index in [1.54, 1.807) is 0 Å². The minimum Gasteiger partial charge on any atom is -0.436 e. The molecule has 0 radical (unpaired) electrons. The van der Waals surface area contributed by atoms with Crippen molar-refractivity contribution >= 4 is 17.2 Å². The number of anilines is 1. The second kappa shape index (κ2) is 7.98. The maximum Gasteiger partial charge on any atom is 0.351 e. The lowest BCUT2D eigenvalue weighted by molar-refractivity contribution is -0.117. The topological polar surface area (TPSA) is 90.5 Å². The largest absolute Gasteiger partial charge is 0.436 e. The molecule has 0 bridgehead atoms. The van der Waals surface area contributed by atoms with Gasteiger partial charge in [-0.25, -0.2) is 27.6 Å². The average Bonchev–Trinajstić information content (AvgIpc) is 3.00. The molecule has 0 saturated heterocycles. The van der Waals surface area contributed by atoms with Gasteiger partial charge in [0.25, 0.3) is 5.88 Å². The van der Waals surface area contributed by atoms with Crippen LogP contribution in [-0.2, 0) is 11.3 Å². The number of hydrogen-bond acceptors (Lipinski definition) is 5. The highest BCUT2D eigenvalue weighted by Gasteiger charge is 2.17. The first-order valence-corrected chi connectivity index (χ1v) is 9.25. The van der Waals surface area contributed by atoms with E-state index in [1.807, 2.05) is 32.0 Å². The Hall–Kier alpha value is -4.08. The van der Waals surface area contributed by atoms with Crippen molar-refractivity contribution in [2.75, 3.05) is 5.32 Å². The number of halogens is 2. The Morgan fingerprint density at radius 1 is 1.13 bits per heavy atom. The molecule has 8 nitrogen and oxygen atoms in total. The van der Waals surface area contributed by atoms with Crippen molar-refractivity contribution < 1.29 is 18.3 Å². The zero-order valence-corrected chi connectivity index (χ0v) is 16.6. The lowest BCUT2D eigenvalue weighted by Gasteiger charge is -2.07. The van der Waals surface area contributed by atoms with E-state index in [1.165, 1.54) is 16.8 Å². The Balaban J connectivity index is 1.61. The molecule has 31 heavy (non-hydrogen) atoms. The fraction of sp³-hybridized carbons (Fsp3) is 0.143. The molecule has 2 aromatic carbocycles. The predicted molar refractivity (Wildman–Crippen MR) is 108 cm³/mol. The molecule has 4 rings (SSSR count). The highest BCUT2D eigenvalue weighted by molar-refractivity contribution is 5.90. The summed E-state index contributed by atoms with van der Waals surface area (Å²) in [6, 6.07) is 8.38. The summed E-state index contributed by atoms with van der Waals surface area (Å²) in [7, 11) is 0. The Kier molecular flexibility index (Phi) is 5.20. The zero-order chi connectivity index (χ0) is 22.1. The van der Waals surface area contributed by atoms with Crippen LogP contribution in [0.5, 0.6) is 11.6 Å². The van der Waals surface area contributed by atoms with E-state index in [2.05, 4.69) is 15.4 Å². The molecule has 0 aliphatic heterocycles. The van der Waals surface area contributed by atoms with Crippen LogP contribution in [0.1, 0.15) is 11.1 Å². The van der Waals surface area contributed by atoms with Gasteiger partial charge in [0.2, 0.25) is 11.6 Å². The van der Waals surface area contributed by atoms with Crippen molar-refractivity contribution in [3.05, 3.63) is 82.0 Å². The number of amides is 1. The van der Waals surface area contributed by atoms with Crippen molar-refractivity contribution in [2.24, 2.45) is 0 Å². The lowest BCUT2D eigenvalue weighted by Crippen LogP contribution is -2.28. The van der Waals surface area contributed by atoms with Crippen molar-refractivity contribution in [1.29, 1.82) is 0 Å². The first-order valence-electron chi connectivity index (χ1n) is 9.25. The molecule has 10 heteroatoms. The zero-order valence-electron chi connectivity index (χ0n) is 16.6. The van der Waals surface area contributed by atoms with Crippen LogP contribution >= 0.6 is 0 Å². The van der Waals surface area contributed by atoms with Crippen LogP contribution in [-0.4, -0.2) is 25.1 Å². The minimum absolute atomic E-state index is 0.0911. The predicted octanol–water partition coefficient (Wildman–Crippen LogP) is 3.22. The molecule has 0 aliphatic rings. The number of aromatic nitrogens is 4. The minimum atomic E-state index is -0.927. The van der Waals surface area contributed by atoms with Gasteiger partial charge in [-0.05, 0) is 49.2 Å². The monoisotopic (exact) mass is 425 g/mol. The fourth-order valence-corrected chi connectivity index (χ4v) is 3.12. The Labute approximate surface area is 174 Å². The molecule has 0 atom stereocenters. The maximum atomic E-state index is 13.7. The third-order valence-electron chi connectivity index (χ3n) is 4.38. The van der Waals surface area contributed by atoms with Gasteiger partial charge < -0.3 is 10.1 Å². The van der Waals surface area contributed by atoms with E-state index >= 15 is 0 Å². The van der Waals surface area contributed by atoms with Crippen molar-refractivity contribution in [3.8, 4) is 11.6 Å². The number of carbonyl (C=O) groups excluding carboxylic acids is 1. The van der Waals surface area contributed by atoms with Crippen LogP contribution in [0, 0.1) is 25.5 Å². The van der Waals surface area contributed by atoms with Gasteiger partial charge in [-0.3, -0.25) is 4.79 Å². The molecule has 0 saturated carbocycles. The summed E-state index contributed by atoms with van der Waals surface area (Å²) in [5.41, 5.74) is 1.30. The van der Waals surface area contributed by atoms with Gasteiger partial charge in [0.05, 0.1) is 5.69 Å². The molecule has 1 amide bonds. The average molecular weight is 425 g/mol. The molecule has 2 heterocycles. The molecule has 1 N–H and O–H groups in total. The van der Waals surface area contributed by atoms with E-state index in [9.17, 15) is 18.4 Å². The van der Waals surface area contributed by atoms with Gasteiger partial charge in [-0.1, -0.05) is 6.07 Å². The van der Waals surface area contributed by atoms with Gasteiger partial charge >= 0.3 is 5.69 Å². The highest BCUT2D eigenvalue weighted by atomic mass is 19.1. The first kappa shape index (κ1) is 20.2. The van der Waals surface area contributed by atoms with Crippen molar-refractivity contribution in [3.63, 3.8) is 0 Å². The van der Waals surface area contributed by atoms with Crippen LogP contribution in [0.4, 0.5) is 14.5 Å². The van der Waals surface area contributed by atoms with E-state index in [4.69, 9.17) is 4.74 Å². The number of hydrogen-bond donors (Lipinski definition) is 1. The number of carbonyl (C=O) groups is 1. The number of nitrogens with one attached hydrogen (secondary N) is 1. The summed E-state index contributed by atoms with van der Waals surface area (Å²) in [6.45, 7) is 3.37. The molecular weight excluding hydrogens is 408 g/mol. The number of nitrogens with zero attached hydrogens (tertiary/aromatic N) is 4. The smallest absolute Gasteiger partial charge is 0.351 e. The van der Waals surface area contributed by atoms with E-state index in [-0.39, 0.29) is 17.2 Å². The number of aryl methyl sites for hydroxylation is 2. The standard InChI is InChI=1S/C21H17F2N5O3/c1-12-7-13(2)9-15(8-12)31-20-19-26-28(21(30)27(19)6-5-24-20)11-18(29)25-17-4-3-14(22)10-16(17)23/h3-10H,11H2,1-2H3,(H,25,29). The SMILES string of the molecule is Cc1cc(C)cc(Oc2nccn3c(=O)n(CC(=O)Nc4ccc(F)cc4F)nc23)c1. The molecule has 0 unspecified atom stereocenters. The molecule has 4 aromatic rings. The van der Waals surface area contributed by atoms with Crippen molar-refractivity contribution in [1.82, 2.24) is 19.2 Å². The summed E-state index contributed by atoms with van der Waals surface area (Å²) >= 11 is 0. The van der Waals surface area contributed by atoms with E-state index in [0.29, 0.717) is 11.8 Å². The quantitative estimate of drug-likeness (QED) is 0.530. The van der Waals surface area contributed by atoms with Crippen LogP contribution in [0.2, 0.25) is 0 Å². The number of fused-ring (bicyclic) bond motifs is 1. The second-order valence-corrected chi connectivity index (χ2v) is 6.96. The van der Waals surface area contributed by atoms with E-state index in [0.717, 1.165) is 27.9 Å². The third kappa shape index (κ3) is 4.27. The van der Waals surface area contributed by atoms with Gasteiger partial charge in [-0.15, -0.1) is 5.10 Å². The second-order valence-electron chi connectivity index (χ2n) is 6.96. The van der Waals surface area contributed by atoms with Gasteiger partial charge in [0, 0.05) is 18.5 Å². The molecule has 2 aromatic heterocycles. The van der Waals surface area contributed by atoms with Crippen LogP contribution in [0.15, 0.2) is 53.6 Å². The van der Waals surface area contributed by atoms with Crippen LogP contribution < -0.4 is 15.7 Å². The third-order valence-corrected chi connectivity index (χ3v) is 4.38. The van der Waals surface area contributed by atoms with Crippen LogP contribution in [0.25, 0.3) is 5.65 Å². The Morgan fingerprint density at radius 2 is 1.87 bits per heavy atom. The summed E-state index contributed by atoms with van der Waals surface area (Å²) in [6.07, 6.45) is 2.78. The fourth-order valence-electron chi connectivity index (χ4n) is 3.12. The summed E-state index contributed by atoms with van der Waals surface area (Å²) in [4.78, 5) is 29.0. The maximum absolute atomic E-state index is 13.7. The van der Waals surface area contributed by atoms with Crippen LogP contribution in [0.3, 0.4) is 0 Å². The van der Waals surface area contributed by atoms with Crippen molar-refractivity contribution in [2.45, 2.75) is 20.4 Å². The van der Waals surface area contributed by atoms with Gasteiger partial charge in [-0.2, -0.15) is 0 Å². The number of rotatable bonds is 5. The molecular formula is C21H17F2N5O3. The first-order chi connectivity index (χ1) is 14.8. The van der Waals surface area contributed by atoms with E-state index < -0.39 is 29.8 Å². The van der Waals surface area contributed by atoms with Gasteiger partial charge in [0.1, 0.15) is 23.9 Å². The molecule has 0 spiro atoms. The Morgan fingerprint density at radius 3 is 2.58 bits per heavy atom. The molecule has 158 valence electrons. The molecule has 0 aliphatic carbocycles. The normalized spacial score (nSPS) is 11.0. The summed E-state index contributed by atoms with van der Waals surface area (Å²) < 4.78 is 34.7. The lowest BCUT2D eigenvalue weighted by atomic mass is 10.1. The summed E-state index contributed by atoms with van der Waals surface area (Å²) in [5, 5.41) is 6.42. The number of ether oxygens (including phenoxy) is 1. The molecule has 0 fully saturated rings. The van der Waals surface area contributed by atoms with Gasteiger partial charge in [0.15, 0.2) is 0 Å². The Bertz CT molecular complexity index is 1340. The summed E-state index contributed by atoms with van der Waals surface area (Å²) in [5.74, 6) is -1.78. The highest BCUT2D eigenvalue weighted by Crippen LogP contribution is 2.24.